The molecule has 2 aliphatic heterocycles. The summed E-state index contributed by atoms with van der Waals surface area (Å²) in [6.45, 7) is 2.67. The molecule has 1 amide bonds. The van der Waals surface area contributed by atoms with Crippen molar-refractivity contribution in [3.8, 4) is 0 Å². The highest BCUT2D eigenvalue weighted by Gasteiger charge is 2.54. The highest BCUT2D eigenvalue weighted by Crippen LogP contribution is 2.50. The average molecular weight is 360 g/mol. The van der Waals surface area contributed by atoms with Crippen molar-refractivity contribution >= 4 is 28.6 Å². The van der Waals surface area contributed by atoms with Gasteiger partial charge in [-0.25, -0.2) is 0 Å². The normalized spacial score (nSPS) is 22.3. The third-order valence-electron chi connectivity index (χ3n) is 5.62. The smallest absolute Gasteiger partial charge is 0.243 e. The molecule has 5 rings (SSSR count). The minimum atomic E-state index is -0.414. The third-order valence-corrected chi connectivity index (χ3v) is 6.35. The fourth-order valence-electron chi connectivity index (χ4n) is 4.40. The fraction of sp³-hybridized carbons (Fsp3) is 0.227. The van der Waals surface area contributed by atoms with Crippen LogP contribution in [0, 0.1) is 0 Å². The zero-order chi connectivity index (χ0) is 17.6. The van der Waals surface area contributed by atoms with Crippen LogP contribution >= 0.6 is 11.3 Å². The second-order valence-electron chi connectivity index (χ2n) is 7.17. The van der Waals surface area contributed by atoms with Crippen molar-refractivity contribution in [1.82, 2.24) is 4.90 Å². The lowest BCUT2D eigenvalue weighted by molar-refractivity contribution is -0.122. The number of hydrogen-bond acceptors (Lipinski definition) is 3. The maximum absolute atomic E-state index is 13.6. The van der Waals surface area contributed by atoms with Crippen molar-refractivity contribution in [3.63, 3.8) is 0 Å². The Morgan fingerprint density at radius 2 is 1.81 bits per heavy atom. The summed E-state index contributed by atoms with van der Waals surface area (Å²) in [6, 6.07) is 20.5. The molecule has 130 valence electrons. The van der Waals surface area contributed by atoms with Gasteiger partial charge in [-0.3, -0.25) is 14.6 Å². The first-order valence-corrected chi connectivity index (χ1v) is 9.95. The number of carbonyl (C=O) groups excluding carboxylic acids is 1. The highest BCUT2D eigenvalue weighted by atomic mass is 32.1. The minimum Gasteiger partial charge on any atom is -0.298 e. The summed E-state index contributed by atoms with van der Waals surface area (Å²) < 4.78 is 0. The predicted octanol–water partition coefficient (Wildman–Crippen LogP) is 4.57. The van der Waals surface area contributed by atoms with Crippen LogP contribution in [-0.2, 0) is 16.8 Å². The van der Waals surface area contributed by atoms with Crippen molar-refractivity contribution < 1.29 is 4.79 Å². The number of amides is 1. The molecule has 26 heavy (non-hydrogen) atoms. The Morgan fingerprint density at radius 3 is 2.62 bits per heavy atom. The van der Waals surface area contributed by atoms with Crippen molar-refractivity contribution in [2.75, 3.05) is 18.0 Å². The van der Waals surface area contributed by atoms with Crippen LogP contribution in [0.3, 0.4) is 0 Å². The van der Waals surface area contributed by atoms with Gasteiger partial charge in [-0.2, -0.15) is 11.3 Å². The number of hydrogen-bond donors (Lipinski definition) is 0. The summed E-state index contributed by atoms with van der Waals surface area (Å²) in [7, 11) is 0. The van der Waals surface area contributed by atoms with Crippen LogP contribution in [0.2, 0.25) is 0 Å². The van der Waals surface area contributed by atoms with Gasteiger partial charge in [-0.15, -0.1) is 0 Å². The maximum Gasteiger partial charge on any atom is 0.243 e. The highest BCUT2D eigenvalue weighted by molar-refractivity contribution is 7.07. The molecule has 1 aromatic heterocycles. The van der Waals surface area contributed by atoms with Gasteiger partial charge in [0, 0.05) is 18.8 Å². The van der Waals surface area contributed by atoms with E-state index in [1.165, 1.54) is 11.1 Å². The summed E-state index contributed by atoms with van der Waals surface area (Å²) in [5.74, 6) is 0.220. The lowest BCUT2D eigenvalue weighted by Gasteiger charge is -2.24. The molecule has 1 fully saturated rings. The van der Waals surface area contributed by atoms with E-state index in [-0.39, 0.29) is 5.91 Å². The first kappa shape index (κ1) is 15.8. The molecule has 1 atom stereocenters. The van der Waals surface area contributed by atoms with Crippen LogP contribution in [0.25, 0.3) is 0 Å². The number of para-hydroxylation sites is 2. The second-order valence-corrected chi connectivity index (χ2v) is 7.95. The molecule has 0 radical (unpaired) electrons. The van der Waals surface area contributed by atoms with E-state index >= 15 is 0 Å². The Hall–Kier alpha value is -2.43. The maximum atomic E-state index is 13.6. The lowest BCUT2D eigenvalue weighted by atomic mass is 9.81. The molecule has 3 nitrogen and oxygen atoms in total. The number of fused-ring (bicyclic) bond motifs is 2. The first-order chi connectivity index (χ1) is 12.8. The van der Waals surface area contributed by atoms with Gasteiger partial charge in [-0.05, 0) is 59.1 Å². The Balaban J connectivity index is 1.53. The van der Waals surface area contributed by atoms with E-state index in [2.05, 4.69) is 39.9 Å². The summed E-state index contributed by atoms with van der Waals surface area (Å²) in [4.78, 5) is 18.0. The molecule has 3 aromatic rings. The molecule has 0 saturated carbocycles. The van der Waals surface area contributed by atoms with Crippen molar-refractivity contribution in [1.29, 1.82) is 0 Å². The summed E-state index contributed by atoms with van der Waals surface area (Å²) >= 11 is 1.73. The number of thiophene rings is 1. The van der Waals surface area contributed by atoms with E-state index in [9.17, 15) is 4.79 Å². The van der Waals surface area contributed by atoms with Crippen molar-refractivity contribution in [3.05, 3.63) is 82.6 Å². The number of nitrogens with zero attached hydrogens (tertiary/aromatic N) is 2. The Morgan fingerprint density at radius 1 is 1.00 bits per heavy atom. The number of carbonyl (C=O) groups is 1. The standard InChI is InChI=1S/C22H20N2OS/c25-21-22(11-12-23(16-22)14-17-10-13-26-15-17)19-8-4-5-9-20(19)24(21)18-6-2-1-3-7-18/h1-10,13,15H,11-12,14,16H2. The minimum absolute atomic E-state index is 0.220. The quantitative estimate of drug-likeness (QED) is 0.683. The number of likely N-dealkylation sites (tertiary alicyclic amines) is 1. The van der Waals surface area contributed by atoms with E-state index in [4.69, 9.17) is 0 Å². The van der Waals surface area contributed by atoms with Crippen molar-refractivity contribution in [2.45, 2.75) is 18.4 Å². The van der Waals surface area contributed by atoms with Gasteiger partial charge >= 0.3 is 0 Å². The molecular formula is C22H20N2OS. The Kier molecular flexibility index (Phi) is 3.69. The van der Waals surface area contributed by atoms with Crippen LogP contribution in [0.1, 0.15) is 17.5 Å². The Labute approximate surface area is 157 Å². The van der Waals surface area contributed by atoms with Crippen LogP contribution in [0.15, 0.2) is 71.4 Å². The van der Waals surface area contributed by atoms with Gasteiger partial charge in [0.25, 0.3) is 0 Å². The van der Waals surface area contributed by atoms with Gasteiger partial charge in [0.1, 0.15) is 0 Å². The van der Waals surface area contributed by atoms with E-state index < -0.39 is 5.41 Å². The van der Waals surface area contributed by atoms with E-state index in [0.717, 1.165) is 37.4 Å². The summed E-state index contributed by atoms with van der Waals surface area (Å²) in [5, 5.41) is 4.32. The average Bonchev–Trinajstić information content (AvgIpc) is 3.39. The molecule has 4 heteroatoms. The van der Waals surface area contributed by atoms with Crippen LogP contribution in [0.5, 0.6) is 0 Å². The zero-order valence-corrected chi connectivity index (χ0v) is 15.3. The van der Waals surface area contributed by atoms with Gasteiger partial charge in [0.2, 0.25) is 5.91 Å². The molecule has 2 aliphatic rings. The topological polar surface area (TPSA) is 23.6 Å². The fourth-order valence-corrected chi connectivity index (χ4v) is 5.06. The molecule has 1 unspecified atom stereocenters. The van der Waals surface area contributed by atoms with E-state index in [0.29, 0.717) is 0 Å². The number of anilines is 2. The number of benzene rings is 2. The molecule has 0 bridgehead atoms. The Bertz CT molecular complexity index is 938. The summed E-state index contributed by atoms with van der Waals surface area (Å²) in [6.07, 6.45) is 0.885. The monoisotopic (exact) mass is 360 g/mol. The van der Waals surface area contributed by atoms with Crippen LogP contribution in [-0.4, -0.2) is 23.9 Å². The number of rotatable bonds is 3. The largest absolute Gasteiger partial charge is 0.298 e. The van der Waals surface area contributed by atoms with Crippen LogP contribution < -0.4 is 4.90 Å². The zero-order valence-electron chi connectivity index (χ0n) is 14.5. The summed E-state index contributed by atoms with van der Waals surface area (Å²) in [5.41, 5.74) is 4.11. The molecule has 1 spiro atoms. The first-order valence-electron chi connectivity index (χ1n) is 9.00. The van der Waals surface area contributed by atoms with Crippen molar-refractivity contribution in [2.24, 2.45) is 0 Å². The second kappa shape index (κ2) is 6.08. The van der Waals surface area contributed by atoms with Gasteiger partial charge < -0.3 is 0 Å². The van der Waals surface area contributed by atoms with E-state index in [1.807, 2.05) is 41.3 Å². The molecule has 3 heterocycles. The lowest BCUT2D eigenvalue weighted by Crippen LogP contribution is -2.40. The van der Waals surface area contributed by atoms with E-state index in [1.54, 1.807) is 11.3 Å². The predicted molar refractivity (Wildman–Crippen MR) is 106 cm³/mol. The van der Waals surface area contributed by atoms with Gasteiger partial charge in [0.05, 0.1) is 11.1 Å². The SMILES string of the molecule is O=C1N(c2ccccc2)c2ccccc2C12CCN(Cc1ccsc1)C2. The molecule has 2 aromatic carbocycles. The molecule has 0 aliphatic carbocycles. The molecule has 1 saturated heterocycles. The molecule has 0 N–H and O–H groups in total. The third kappa shape index (κ3) is 2.33. The van der Waals surface area contributed by atoms with Gasteiger partial charge in [0.15, 0.2) is 0 Å². The van der Waals surface area contributed by atoms with Crippen LogP contribution in [0.4, 0.5) is 11.4 Å². The molecular weight excluding hydrogens is 340 g/mol. The van der Waals surface area contributed by atoms with Gasteiger partial charge in [-0.1, -0.05) is 36.4 Å².